The molecule has 2 amide bonds. The molecule has 0 spiro atoms. The first kappa shape index (κ1) is 18.6. The molecule has 0 aliphatic carbocycles. The molecule has 1 aliphatic rings. The number of hydrogen-bond donors (Lipinski definition) is 1. The molecular weight excluding hydrogens is 347 g/mol. The lowest BCUT2D eigenvalue weighted by molar-refractivity contribution is 0.0657. The van der Waals surface area contributed by atoms with E-state index in [0.717, 1.165) is 5.56 Å². The zero-order valence-electron chi connectivity index (χ0n) is 15.3. The average Bonchev–Trinajstić information content (AvgIpc) is 2.92. The number of amides is 2. The molecule has 0 atom stereocenters. The Morgan fingerprint density at radius 1 is 1.07 bits per heavy atom. The first-order valence-electron chi connectivity index (χ1n) is 8.62. The molecule has 7 heteroatoms. The Morgan fingerprint density at radius 2 is 1.67 bits per heavy atom. The Hall–Kier alpha value is -3.22. The molecular formula is C20H21FN4O2. The van der Waals surface area contributed by atoms with Gasteiger partial charge >= 0.3 is 0 Å². The van der Waals surface area contributed by atoms with E-state index in [2.05, 4.69) is 10.3 Å². The number of rotatable bonds is 5. The van der Waals surface area contributed by atoms with Crippen molar-refractivity contribution in [2.75, 3.05) is 27.2 Å². The highest BCUT2D eigenvalue weighted by Gasteiger charge is 2.34. The number of nitrogens with zero attached hydrogens (tertiary/aromatic N) is 3. The van der Waals surface area contributed by atoms with Crippen molar-refractivity contribution in [3.05, 3.63) is 71.0 Å². The zero-order chi connectivity index (χ0) is 19.4. The van der Waals surface area contributed by atoms with Crippen molar-refractivity contribution >= 4 is 17.8 Å². The maximum atomic E-state index is 13.0. The maximum absolute atomic E-state index is 13.0. The van der Waals surface area contributed by atoms with Crippen LogP contribution in [-0.2, 0) is 6.54 Å². The van der Waals surface area contributed by atoms with Crippen LogP contribution in [0.25, 0.3) is 0 Å². The summed E-state index contributed by atoms with van der Waals surface area (Å²) in [6, 6.07) is 13.1. The first-order chi connectivity index (χ1) is 13.0. The number of hydrogen-bond acceptors (Lipinski definition) is 3. The standard InChI is InChI=1S/C20H21FN4O2/c1-22-20(24(2)13-14-7-9-15(21)10-8-14)23-11-12-25-18(26)16-5-3-4-6-17(16)19(25)27/h3-10H,11-13H2,1-2H3,(H,22,23). The smallest absolute Gasteiger partial charge is 0.261 e. The number of guanidine groups is 1. The summed E-state index contributed by atoms with van der Waals surface area (Å²) in [6.07, 6.45) is 0. The number of benzene rings is 2. The fraction of sp³-hybridized carbons (Fsp3) is 0.250. The second kappa shape index (κ2) is 7.99. The van der Waals surface area contributed by atoms with Crippen LogP contribution in [0.3, 0.4) is 0 Å². The van der Waals surface area contributed by atoms with E-state index in [9.17, 15) is 14.0 Å². The molecule has 0 aromatic heterocycles. The van der Waals surface area contributed by atoms with Gasteiger partial charge < -0.3 is 10.2 Å². The Bertz CT molecular complexity index is 845. The van der Waals surface area contributed by atoms with Gasteiger partial charge in [-0.25, -0.2) is 4.39 Å². The number of fused-ring (bicyclic) bond motifs is 1. The van der Waals surface area contributed by atoms with Crippen LogP contribution in [0.1, 0.15) is 26.3 Å². The van der Waals surface area contributed by atoms with Crippen molar-refractivity contribution in [1.82, 2.24) is 15.1 Å². The van der Waals surface area contributed by atoms with Crippen LogP contribution in [0.15, 0.2) is 53.5 Å². The normalized spacial score (nSPS) is 13.7. The first-order valence-corrected chi connectivity index (χ1v) is 8.62. The molecule has 1 N–H and O–H groups in total. The summed E-state index contributed by atoms with van der Waals surface area (Å²) in [5.41, 5.74) is 1.84. The molecule has 27 heavy (non-hydrogen) atoms. The van der Waals surface area contributed by atoms with Gasteiger partial charge in [-0.15, -0.1) is 0 Å². The highest BCUT2D eigenvalue weighted by molar-refractivity contribution is 6.21. The van der Waals surface area contributed by atoms with E-state index in [1.165, 1.54) is 17.0 Å². The second-order valence-corrected chi connectivity index (χ2v) is 6.26. The zero-order valence-corrected chi connectivity index (χ0v) is 15.3. The van der Waals surface area contributed by atoms with E-state index in [1.807, 2.05) is 11.9 Å². The van der Waals surface area contributed by atoms with E-state index < -0.39 is 0 Å². The monoisotopic (exact) mass is 368 g/mol. The summed E-state index contributed by atoms with van der Waals surface area (Å²) in [5.74, 6) is -0.195. The Kier molecular flexibility index (Phi) is 5.49. The van der Waals surface area contributed by atoms with Crippen LogP contribution < -0.4 is 5.32 Å². The molecule has 3 rings (SSSR count). The third kappa shape index (κ3) is 3.97. The van der Waals surface area contributed by atoms with Gasteiger partial charge in [-0.3, -0.25) is 19.5 Å². The third-order valence-electron chi connectivity index (χ3n) is 4.40. The molecule has 0 saturated carbocycles. The minimum Gasteiger partial charge on any atom is -0.354 e. The molecule has 0 radical (unpaired) electrons. The van der Waals surface area contributed by atoms with Gasteiger partial charge in [0, 0.05) is 33.7 Å². The quantitative estimate of drug-likeness (QED) is 0.499. The van der Waals surface area contributed by atoms with Crippen molar-refractivity contribution < 1.29 is 14.0 Å². The van der Waals surface area contributed by atoms with Gasteiger partial charge in [0.1, 0.15) is 5.82 Å². The molecule has 2 aromatic rings. The van der Waals surface area contributed by atoms with Crippen molar-refractivity contribution in [2.45, 2.75) is 6.54 Å². The van der Waals surface area contributed by atoms with Gasteiger partial charge in [-0.1, -0.05) is 24.3 Å². The van der Waals surface area contributed by atoms with E-state index in [-0.39, 0.29) is 24.2 Å². The van der Waals surface area contributed by atoms with Gasteiger partial charge in [0.25, 0.3) is 11.8 Å². The number of imide groups is 1. The number of carbonyl (C=O) groups excluding carboxylic acids is 2. The predicted molar refractivity (Wildman–Crippen MR) is 101 cm³/mol. The largest absolute Gasteiger partial charge is 0.354 e. The molecule has 140 valence electrons. The van der Waals surface area contributed by atoms with E-state index in [0.29, 0.717) is 30.2 Å². The van der Waals surface area contributed by atoms with Gasteiger partial charge in [0.05, 0.1) is 11.1 Å². The van der Waals surface area contributed by atoms with Gasteiger partial charge in [-0.2, -0.15) is 0 Å². The van der Waals surface area contributed by atoms with Crippen LogP contribution >= 0.6 is 0 Å². The number of nitrogens with one attached hydrogen (secondary N) is 1. The van der Waals surface area contributed by atoms with E-state index in [4.69, 9.17) is 0 Å². The molecule has 1 heterocycles. The minimum absolute atomic E-state index is 0.246. The van der Waals surface area contributed by atoms with E-state index >= 15 is 0 Å². The van der Waals surface area contributed by atoms with Crippen LogP contribution in [0.2, 0.25) is 0 Å². The lowest BCUT2D eigenvalue weighted by Crippen LogP contribution is -2.43. The summed E-state index contributed by atoms with van der Waals surface area (Å²) < 4.78 is 13.0. The fourth-order valence-electron chi connectivity index (χ4n) is 3.05. The van der Waals surface area contributed by atoms with Crippen molar-refractivity contribution in [3.63, 3.8) is 0 Å². The van der Waals surface area contributed by atoms with Crippen molar-refractivity contribution in [1.29, 1.82) is 0 Å². The van der Waals surface area contributed by atoms with Crippen LogP contribution in [0.4, 0.5) is 4.39 Å². The summed E-state index contributed by atoms with van der Waals surface area (Å²) in [5, 5.41) is 3.15. The van der Waals surface area contributed by atoms with Crippen LogP contribution in [0.5, 0.6) is 0 Å². The number of halogens is 1. The maximum Gasteiger partial charge on any atom is 0.261 e. The molecule has 0 unspecified atom stereocenters. The van der Waals surface area contributed by atoms with Gasteiger partial charge in [-0.05, 0) is 29.8 Å². The van der Waals surface area contributed by atoms with Crippen molar-refractivity contribution in [2.24, 2.45) is 4.99 Å². The lowest BCUT2D eigenvalue weighted by atomic mass is 10.1. The third-order valence-corrected chi connectivity index (χ3v) is 4.40. The van der Waals surface area contributed by atoms with Gasteiger partial charge in [0.2, 0.25) is 0 Å². The Labute approximate surface area is 157 Å². The van der Waals surface area contributed by atoms with E-state index in [1.54, 1.807) is 43.4 Å². The Morgan fingerprint density at radius 3 is 2.22 bits per heavy atom. The number of aliphatic imine (C=N–C) groups is 1. The predicted octanol–water partition coefficient (Wildman–Crippen LogP) is 2.13. The molecule has 2 aromatic carbocycles. The highest BCUT2D eigenvalue weighted by atomic mass is 19.1. The minimum atomic E-state index is -0.273. The van der Waals surface area contributed by atoms with Crippen molar-refractivity contribution in [3.8, 4) is 0 Å². The molecule has 1 aliphatic heterocycles. The molecule has 0 saturated heterocycles. The SMILES string of the molecule is CN=C(NCCN1C(=O)c2ccccc2C1=O)N(C)Cc1ccc(F)cc1. The van der Waals surface area contributed by atoms with Crippen LogP contribution in [-0.4, -0.2) is 54.8 Å². The summed E-state index contributed by atoms with van der Waals surface area (Å²) in [6.45, 7) is 1.18. The Balaban J connectivity index is 1.55. The van der Waals surface area contributed by atoms with Gasteiger partial charge in [0.15, 0.2) is 5.96 Å². The second-order valence-electron chi connectivity index (χ2n) is 6.26. The summed E-state index contributed by atoms with van der Waals surface area (Å²) in [7, 11) is 3.52. The fourth-order valence-corrected chi connectivity index (χ4v) is 3.05. The molecule has 6 nitrogen and oxygen atoms in total. The summed E-state index contributed by atoms with van der Waals surface area (Å²) >= 11 is 0. The lowest BCUT2D eigenvalue weighted by Gasteiger charge is -2.23. The topological polar surface area (TPSA) is 65.0 Å². The highest BCUT2D eigenvalue weighted by Crippen LogP contribution is 2.21. The number of carbonyl (C=O) groups is 2. The van der Waals surface area contributed by atoms with Crippen LogP contribution in [0, 0.1) is 5.82 Å². The summed E-state index contributed by atoms with van der Waals surface area (Å²) in [4.78, 5) is 32.1. The molecule has 0 bridgehead atoms. The average molecular weight is 368 g/mol. The molecule has 0 fully saturated rings.